The molecule has 1 heterocycles. The van der Waals surface area contributed by atoms with Crippen molar-refractivity contribution in [3.05, 3.63) is 47.0 Å². The summed E-state index contributed by atoms with van der Waals surface area (Å²) in [6, 6.07) is 6.04. The number of nitrogens with zero attached hydrogens (tertiary/aromatic N) is 2. The van der Waals surface area contributed by atoms with Crippen LogP contribution in [-0.4, -0.2) is 28.1 Å². The van der Waals surface area contributed by atoms with Crippen LogP contribution in [0.5, 0.6) is 0 Å². The van der Waals surface area contributed by atoms with Gasteiger partial charge in [-0.25, -0.2) is 4.39 Å². The average Bonchev–Trinajstić information content (AvgIpc) is 2.82. The van der Waals surface area contributed by atoms with E-state index in [0.717, 1.165) is 24.1 Å². The van der Waals surface area contributed by atoms with Gasteiger partial charge < -0.3 is 10.6 Å². The zero-order chi connectivity index (χ0) is 15.4. The molecular weight excluding hydrogens is 271 g/mol. The summed E-state index contributed by atoms with van der Waals surface area (Å²) in [7, 11) is 1.67. The van der Waals surface area contributed by atoms with Crippen LogP contribution < -0.4 is 5.73 Å². The van der Waals surface area contributed by atoms with E-state index in [1.165, 1.54) is 17.0 Å². The second-order valence-corrected chi connectivity index (χ2v) is 5.00. The van der Waals surface area contributed by atoms with Crippen LogP contribution in [0.15, 0.2) is 24.3 Å². The van der Waals surface area contributed by atoms with Crippen molar-refractivity contribution in [1.82, 2.24) is 15.1 Å². The summed E-state index contributed by atoms with van der Waals surface area (Å²) in [5.41, 5.74) is 8.23. The van der Waals surface area contributed by atoms with Gasteiger partial charge in [0.15, 0.2) is 5.69 Å². The molecule has 0 fully saturated rings. The maximum Gasteiger partial charge on any atom is 0.276 e. The van der Waals surface area contributed by atoms with Gasteiger partial charge in [-0.1, -0.05) is 25.5 Å². The number of halogens is 1. The Hall–Kier alpha value is -2.37. The maximum absolute atomic E-state index is 12.9. The van der Waals surface area contributed by atoms with E-state index in [2.05, 4.69) is 10.2 Å². The van der Waals surface area contributed by atoms with Crippen molar-refractivity contribution in [2.24, 2.45) is 0 Å². The topological polar surface area (TPSA) is 75.0 Å². The van der Waals surface area contributed by atoms with E-state index in [4.69, 9.17) is 5.73 Å². The predicted molar refractivity (Wildman–Crippen MR) is 79.2 cm³/mol. The van der Waals surface area contributed by atoms with Crippen molar-refractivity contribution in [3.8, 4) is 0 Å². The number of carbonyl (C=O) groups is 1. The Kier molecular flexibility index (Phi) is 4.57. The maximum atomic E-state index is 12.9. The van der Waals surface area contributed by atoms with Crippen LogP contribution in [0.1, 0.15) is 35.1 Å². The minimum Gasteiger partial charge on any atom is -0.395 e. The lowest BCUT2D eigenvalue weighted by Crippen LogP contribution is -2.27. The van der Waals surface area contributed by atoms with Gasteiger partial charge in [-0.2, -0.15) is 5.10 Å². The number of nitrogens with two attached hydrogens (primary N) is 1. The number of aryl methyl sites for hydroxylation is 1. The van der Waals surface area contributed by atoms with Crippen molar-refractivity contribution in [1.29, 1.82) is 0 Å². The first-order valence-electron chi connectivity index (χ1n) is 6.85. The smallest absolute Gasteiger partial charge is 0.276 e. The van der Waals surface area contributed by atoms with E-state index >= 15 is 0 Å². The molecule has 2 aromatic rings. The first kappa shape index (κ1) is 15.0. The van der Waals surface area contributed by atoms with Gasteiger partial charge in [0.25, 0.3) is 5.91 Å². The highest BCUT2D eigenvalue weighted by molar-refractivity contribution is 5.97. The molecule has 0 unspecified atom stereocenters. The number of H-pyrrole nitrogens is 1. The summed E-state index contributed by atoms with van der Waals surface area (Å²) < 4.78 is 12.9. The molecule has 0 saturated carbocycles. The monoisotopic (exact) mass is 290 g/mol. The highest BCUT2D eigenvalue weighted by Gasteiger charge is 2.20. The molecule has 0 radical (unpaired) electrons. The summed E-state index contributed by atoms with van der Waals surface area (Å²) in [5, 5.41) is 6.82. The fraction of sp³-hybridized carbons (Fsp3) is 0.333. The minimum atomic E-state index is -0.298. The van der Waals surface area contributed by atoms with E-state index in [0.29, 0.717) is 12.2 Å². The third-order valence-corrected chi connectivity index (χ3v) is 3.27. The zero-order valence-electron chi connectivity index (χ0n) is 12.2. The van der Waals surface area contributed by atoms with Crippen molar-refractivity contribution in [3.63, 3.8) is 0 Å². The highest BCUT2D eigenvalue weighted by atomic mass is 19.1. The molecule has 0 aliphatic carbocycles. The zero-order valence-corrected chi connectivity index (χ0v) is 12.2. The molecule has 21 heavy (non-hydrogen) atoms. The number of benzene rings is 1. The molecule has 0 atom stereocenters. The van der Waals surface area contributed by atoms with Crippen molar-refractivity contribution < 1.29 is 9.18 Å². The Bertz CT molecular complexity index is 621. The molecule has 0 aliphatic heterocycles. The lowest BCUT2D eigenvalue weighted by atomic mass is 10.2. The number of hydrogen-bond donors (Lipinski definition) is 2. The number of nitrogen functional groups attached to an aromatic ring is 1. The SMILES string of the molecule is CCCc1[nH]nc(C(=O)N(C)Cc2ccc(F)cc2)c1N. The molecule has 1 aromatic carbocycles. The predicted octanol–water partition coefficient (Wildman–Crippen LogP) is 2.36. The fourth-order valence-electron chi connectivity index (χ4n) is 2.11. The van der Waals surface area contributed by atoms with Crippen LogP contribution in [0, 0.1) is 5.82 Å². The van der Waals surface area contributed by atoms with E-state index in [1.54, 1.807) is 19.2 Å². The van der Waals surface area contributed by atoms with Crippen LogP contribution in [0.2, 0.25) is 0 Å². The summed E-state index contributed by atoms with van der Waals surface area (Å²) >= 11 is 0. The number of aromatic amines is 1. The Balaban J connectivity index is 2.10. The lowest BCUT2D eigenvalue weighted by Gasteiger charge is -2.16. The van der Waals surface area contributed by atoms with Crippen molar-refractivity contribution in [2.45, 2.75) is 26.3 Å². The van der Waals surface area contributed by atoms with Crippen LogP contribution in [-0.2, 0) is 13.0 Å². The third-order valence-electron chi connectivity index (χ3n) is 3.27. The van der Waals surface area contributed by atoms with Gasteiger partial charge >= 0.3 is 0 Å². The second kappa shape index (κ2) is 6.39. The van der Waals surface area contributed by atoms with E-state index in [-0.39, 0.29) is 17.4 Å². The molecule has 0 spiro atoms. The van der Waals surface area contributed by atoms with Gasteiger partial charge in [0.2, 0.25) is 0 Å². The molecule has 1 aromatic heterocycles. The molecule has 6 heteroatoms. The number of hydrogen-bond acceptors (Lipinski definition) is 3. The van der Waals surface area contributed by atoms with Gasteiger partial charge in [0.1, 0.15) is 5.82 Å². The van der Waals surface area contributed by atoms with Crippen LogP contribution in [0.4, 0.5) is 10.1 Å². The average molecular weight is 290 g/mol. The Morgan fingerprint density at radius 1 is 1.38 bits per heavy atom. The lowest BCUT2D eigenvalue weighted by molar-refractivity contribution is 0.0780. The first-order chi connectivity index (χ1) is 10.0. The molecule has 112 valence electrons. The molecule has 0 aliphatic rings. The molecular formula is C15H19FN4O. The first-order valence-corrected chi connectivity index (χ1v) is 6.85. The molecule has 0 bridgehead atoms. The summed E-state index contributed by atoms with van der Waals surface area (Å²) in [6.45, 7) is 2.40. The summed E-state index contributed by atoms with van der Waals surface area (Å²) in [5.74, 6) is -0.552. The minimum absolute atomic E-state index is 0.239. The van der Waals surface area contributed by atoms with Crippen molar-refractivity contribution >= 4 is 11.6 Å². The Morgan fingerprint density at radius 3 is 2.67 bits per heavy atom. The Morgan fingerprint density at radius 2 is 2.05 bits per heavy atom. The third kappa shape index (κ3) is 3.39. The standard InChI is InChI=1S/C15H19FN4O/c1-3-4-12-13(17)14(19-18-12)15(21)20(2)9-10-5-7-11(16)8-6-10/h5-8H,3-4,9,17H2,1-2H3,(H,18,19). The normalized spacial score (nSPS) is 10.6. The van der Waals surface area contributed by atoms with E-state index < -0.39 is 0 Å². The largest absolute Gasteiger partial charge is 0.395 e. The van der Waals surface area contributed by atoms with Gasteiger partial charge in [-0.05, 0) is 24.1 Å². The summed E-state index contributed by atoms with van der Waals surface area (Å²) in [6.07, 6.45) is 1.68. The van der Waals surface area contributed by atoms with Gasteiger partial charge in [0.05, 0.1) is 11.4 Å². The molecule has 2 rings (SSSR count). The summed E-state index contributed by atoms with van der Waals surface area (Å²) in [4.78, 5) is 13.9. The second-order valence-electron chi connectivity index (χ2n) is 5.00. The van der Waals surface area contributed by atoms with Gasteiger partial charge in [-0.3, -0.25) is 9.89 Å². The highest BCUT2D eigenvalue weighted by Crippen LogP contribution is 2.18. The number of anilines is 1. The molecule has 3 N–H and O–H groups in total. The van der Waals surface area contributed by atoms with Crippen LogP contribution in [0.25, 0.3) is 0 Å². The number of rotatable bonds is 5. The van der Waals surface area contributed by atoms with Crippen LogP contribution >= 0.6 is 0 Å². The molecule has 0 saturated heterocycles. The molecule has 5 nitrogen and oxygen atoms in total. The van der Waals surface area contributed by atoms with E-state index in [1.807, 2.05) is 6.92 Å². The Labute approximate surface area is 123 Å². The van der Waals surface area contributed by atoms with E-state index in [9.17, 15) is 9.18 Å². The fourth-order valence-corrected chi connectivity index (χ4v) is 2.11. The van der Waals surface area contributed by atoms with Crippen molar-refractivity contribution in [2.75, 3.05) is 12.8 Å². The number of aromatic nitrogens is 2. The molecule has 1 amide bonds. The van der Waals surface area contributed by atoms with Gasteiger partial charge in [-0.15, -0.1) is 0 Å². The van der Waals surface area contributed by atoms with Gasteiger partial charge in [0, 0.05) is 13.6 Å². The number of nitrogens with one attached hydrogen (secondary N) is 1. The quantitative estimate of drug-likeness (QED) is 0.887. The number of amides is 1. The van der Waals surface area contributed by atoms with Crippen LogP contribution in [0.3, 0.4) is 0 Å². The number of carbonyl (C=O) groups excluding carboxylic acids is 1.